The van der Waals surface area contributed by atoms with Crippen molar-refractivity contribution in [1.29, 1.82) is 0 Å². The van der Waals surface area contributed by atoms with E-state index in [1.54, 1.807) is 0 Å². The second-order valence-electron chi connectivity index (χ2n) is 4.21. The molecule has 110 valence electrons. The van der Waals surface area contributed by atoms with Crippen LogP contribution in [0.5, 0.6) is 0 Å². The third-order valence-electron chi connectivity index (χ3n) is 2.67. The van der Waals surface area contributed by atoms with Crippen LogP contribution in [-0.2, 0) is 9.59 Å². The molecule has 2 N–H and O–H groups in total. The van der Waals surface area contributed by atoms with Crippen molar-refractivity contribution in [1.82, 2.24) is 20.6 Å². The van der Waals surface area contributed by atoms with Gasteiger partial charge in [-0.25, -0.2) is 9.97 Å². The molecule has 7 heteroatoms. The standard InChI is InChI=1S/C14H16N4O2S/c1-2-15-12(19)7-16-13(20)8-21-14-10-5-3-4-6-11(10)17-9-18-14/h3-6,9H,2,7-8H2,1H3,(H,15,19)(H,16,20). The lowest BCUT2D eigenvalue weighted by molar-refractivity contribution is -0.124. The Hall–Kier alpha value is -2.15. The van der Waals surface area contributed by atoms with Crippen molar-refractivity contribution in [3.8, 4) is 0 Å². The third kappa shape index (κ3) is 4.42. The van der Waals surface area contributed by atoms with Crippen molar-refractivity contribution in [2.24, 2.45) is 0 Å². The van der Waals surface area contributed by atoms with Crippen LogP contribution in [-0.4, -0.2) is 40.6 Å². The molecule has 0 atom stereocenters. The SMILES string of the molecule is CCNC(=O)CNC(=O)CSc1ncnc2ccccc12. The first kappa shape index (κ1) is 15.2. The summed E-state index contributed by atoms with van der Waals surface area (Å²) >= 11 is 1.33. The van der Waals surface area contributed by atoms with Crippen molar-refractivity contribution >= 4 is 34.5 Å². The predicted octanol–water partition coefficient (Wildman–Crippen LogP) is 0.974. The highest BCUT2D eigenvalue weighted by Gasteiger charge is 2.08. The van der Waals surface area contributed by atoms with Crippen LogP contribution in [0.1, 0.15) is 6.92 Å². The molecule has 2 amide bonds. The van der Waals surface area contributed by atoms with Crippen LogP contribution in [0.25, 0.3) is 10.9 Å². The van der Waals surface area contributed by atoms with Crippen molar-refractivity contribution in [2.45, 2.75) is 11.9 Å². The second-order valence-corrected chi connectivity index (χ2v) is 5.18. The fraction of sp³-hybridized carbons (Fsp3) is 0.286. The molecule has 6 nitrogen and oxygen atoms in total. The van der Waals surface area contributed by atoms with Crippen molar-refractivity contribution in [3.05, 3.63) is 30.6 Å². The summed E-state index contributed by atoms with van der Waals surface area (Å²) in [4.78, 5) is 31.3. The van der Waals surface area contributed by atoms with E-state index in [1.807, 2.05) is 31.2 Å². The summed E-state index contributed by atoms with van der Waals surface area (Å²) in [5, 5.41) is 6.86. The number of thioether (sulfide) groups is 1. The third-order valence-corrected chi connectivity index (χ3v) is 3.67. The molecule has 1 aromatic heterocycles. The molecule has 0 radical (unpaired) electrons. The highest BCUT2D eigenvalue weighted by atomic mass is 32.2. The number of carbonyl (C=O) groups excluding carboxylic acids is 2. The van der Waals surface area contributed by atoms with Gasteiger partial charge in [0.2, 0.25) is 11.8 Å². The van der Waals surface area contributed by atoms with Gasteiger partial charge in [0.25, 0.3) is 0 Å². The topological polar surface area (TPSA) is 84.0 Å². The number of carbonyl (C=O) groups is 2. The molecule has 0 bridgehead atoms. The highest BCUT2D eigenvalue weighted by molar-refractivity contribution is 8.00. The maximum Gasteiger partial charge on any atom is 0.239 e. The Morgan fingerprint density at radius 3 is 2.76 bits per heavy atom. The van der Waals surface area contributed by atoms with Crippen LogP contribution in [0.4, 0.5) is 0 Å². The quantitative estimate of drug-likeness (QED) is 0.614. The number of hydrogen-bond donors (Lipinski definition) is 2. The van der Waals surface area contributed by atoms with Gasteiger partial charge in [-0.1, -0.05) is 30.0 Å². The van der Waals surface area contributed by atoms with Gasteiger partial charge in [-0.15, -0.1) is 0 Å². The lowest BCUT2D eigenvalue weighted by Gasteiger charge is -2.06. The molecular formula is C14H16N4O2S. The first-order valence-corrected chi connectivity index (χ1v) is 7.55. The molecule has 0 aliphatic carbocycles. The first-order valence-electron chi connectivity index (χ1n) is 6.56. The number of benzene rings is 1. The maximum atomic E-state index is 11.7. The Morgan fingerprint density at radius 1 is 1.14 bits per heavy atom. The molecule has 1 aromatic carbocycles. The van der Waals surface area contributed by atoms with Crippen LogP contribution in [0.3, 0.4) is 0 Å². The predicted molar refractivity (Wildman–Crippen MR) is 82.0 cm³/mol. The summed E-state index contributed by atoms with van der Waals surface area (Å²) < 4.78 is 0. The minimum absolute atomic E-state index is 0.00223. The van der Waals surface area contributed by atoms with Gasteiger partial charge in [0.1, 0.15) is 11.4 Å². The second kappa shape index (κ2) is 7.58. The number of fused-ring (bicyclic) bond motifs is 1. The normalized spacial score (nSPS) is 10.3. The number of nitrogens with zero attached hydrogens (tertiary/aromatic N) is 2. The van der Waals surface area contributed by atoms with Gasteiger partial charge in [0, 0.05) is 11.9 Å². The zero-order valence-electron chi connectivity index (χ0n) is 11.6. The zero-order chi connectivity index (χ0) is 15.1. The van der Waals surface area contributed by atoms with Crippen LogP contribution in [0.15, 0.2) is 35.6 Å². The molecule has 0 saturated heterocycles. The fourth-order valence-corrected chi connectivity index (χ4v) is 2.54. The molecule has 0 fully saturated rings. The molecule has 2 aromatic rings. The average Bonchev–Trinajstić information content (AvgIpc) is 2.51. The van der Waals surface area contributed by atoms with E-state index in [0.717, 1.165) is 15.9 Å². The van der Waals surface area contributed by atoms with Crippen LogP contribution in [0.2, 0.25) is 0 Å². The fourth-order valence-electron chi connectivity index (χ4n) is 1.72. The largest absolute Gasteiger partial charge is 0.355 e. The Morgan fingerprint density at radius 2 is 1.95 bits per heavy atom. The van der Waals surface area contributed by atoms with Crippen molar-refractivity contribution in [3.63, 3.8) is 0 Å². The molecule has 0 saturated carbocycles. The van der Waals surface area contributed by atoms with Gasteiger partial charge in [-0.3, -0.25) is 9.59 Å². The number of rotatable bonds is 6. The molecular weight excluding hydrogens is 288 g/mol. The molecule has 0 aliphatic rings. The minimum atomic E-state index is -0.200. The molecule has 0 spiro atoms. The molecule has 0 unspecified atom stereocenters. The average molecular weight is 304 g/mol. The van der Waals surface area contributed by atoms with Gasteiger partial charge >= 0.3 is 0 Å². The summed E-state index contributed by atoms with van der Waals surface area (Å²) in [7, 11) is 0. The number of likely N-dealkylation sites (N-methyl/N-ethyl adjacent to an activating group) is 1. The van der Waals surface area contributed by atoms with Gasteiger partial charge in [-0.2, -0.15) is 0 Å². The summed E-state index contributed by atoms with van der Waals surface area (Å²) in [6.07, 6.45) is 1.48. The van der Waals surface area contributed by atoms with Crippen molar-refractivity contribution in [2.75, 3.05) is 18.8 Å². The monoisotopic (exact) mass is 304 g/mol. The van der Waals surface area contributed by atoms with Gasteiger partial charge < -0.3 is 10.6 Å². The van der Waals surface area contributed by atoms with E-state index in [4.69, 9.17) is 0 Å². The van der Waals surface area contributed by atoms with Gasteiger partial charge in [0.05, 0.1) is 17.8 Å². The van der Waals surface area contributed by atoms with Gasteiger partial charge in [-0.05, 0) is 13.0 Å². The van der Waals surface area contributed by atoms with Crippen LogP contribution < -0.4 is 10.6 Å². The Bertz CT molecular complexity index is 642. The molecule has 2 rings (SSSR count). The Balaban J connectivity index is 1.90. The number of para-hydroxylation sites is 1. The van der Waals surface area contributed by atoms with E-state index in [2.05, 4.69) is 20.6 Å². The lowest BCUT2D eigenvalue weighted by Crippen LogP contribution is -2.37. The summed E-state index contributed by atoms with van der Waals surface area (Å²) in [5.41, 5.74) is 0.845. The summed E-state index contributed by atoms with van der Waals surface area (Å²) in [6, 6.07) is 7.63. The van der Waals surface area contributed by atoms with E-state index in [-0.39, 0.29) is 24.1 Å². The van der Waals surface area contributed by atoms with E-state index >= 15 is 0 Å². The van der Waals surface area contributed by atoms with Gasteiger partial charge in [0.15, 0.2) is 0 Å². The Kier molecular flexibility index (Phi) is 5.51. The number of nitrogens with one attached hydrogen (secondary N) is 2. The molecule has 0 aliphatic heterocycles. The zero-order valence-corrected chi connectivity index (χ0v) is 12.4. The summed E-state index contributed by atoms with van der Waals surface area (Å²) in [5.74, 6) is -0.183. The van der Waals surface area contributed by atoms with E-state index in [1.165, 1.54) is 18.1 Å². The number of aromatic nitrogens is 2. The highest BCUT2D eigenvalue weighted by Crippen LogP contribution is 2.23. The van der Waals surface area contributed by atoms with E-state index in [0.29, 0.717) is 6.54 Å². The van der Waals surface area contributed by atoms with E-state index < -0.39 is 0 Å². The Labute approximate surface area is 126 Å². The lowest BCUT2D eigenvalue weighted by atomic mass is 10.2. The molecule has 21 heavy (non-hydrogen) atoms. The maximum absolute atomic E-state index is 11.7. The molecule has 1 heterocycles. The summed E-state index contributed by atoms with van der Waals surface area (Å²) in [6.45, 7) is 2.38. The van der Waals surface area contributed by atoms with Crippen LogP contribution in [0, 0.1) is 0 Å². The number of hydrogen-bond acceptors (Lipinski definition) is 5. The smallest absolute Gasteiger partial charge is 0.239 e. The van der Waals surface area contributed by atoms with Crippen LogP contribution >= 0.6 is 11.8 Å². The van der Waals surface area contributed by atoms with Crippen molar-refractivity contribution < 1.29 is 9.59 Å². The first-order chi connectivity index (χ1) is 10.2. The van der Waals surface area contributed by atoms with E-state index in [9.17, 15) is 9.59 Å². The minimum Gasteiger partial charge on any atom is -0.355 e. The number of amides is 2.